The number of anilines is 1. The normalized spacial score (nSPS) is 10.2. The molecule has 0 bridgehead atoms. The summed E-state index contributed by atoms with van der Waals surface area (Å²) in [7, 11) is 3.33. The van der Waals surface area contributed by atoms with Gasteiger partial charge in [-0.3, -0.25) is 4.79 Å². The van der Waals surface area contributed by atoms with Crippen LogP contribution in [-0.4, -0.2) is 20.1 Å². The maximum Gasteiger partial charge on any atom is 0.258 e. The van der Waals surface area contributed by atoms with Gasteiger partial charge < -0.3 is 9.64 Å². The topological polar surface area (TPSA) is 29.5 Å². The van der Waals surface area contributed by atoms with Gasteiger partial charge in [-0.2, -0.15) is 0 Å². The molecule has 2 aromatic carbocycles. The second-order valence-electron chi connectivity index (χ2n) is 4.54. The Morgan fingerprint density at radius 1 is 1.20 bits per heavy atom. The summed E-state index contributed by atoms with van der Waals surface area (Å²) in [5, 5.41) is 0. The second kappa shape index (κ2) is 6.01. The molecule has 0 saturated carbocycles. The van der Waals surface area contributed by atoms with E-state index in [-0.39, 0.29) is 5.91 Å². The number of hydrogen-bond donors (Lipinski definition) is 1. The number of hydrogen-bond acceptors (Lipinski definition) is 3. The molecule has 0 spiro atoms. The molecule has 104 valence electrons. The van der Waals surface area contributed by atoms with E-state index in [1.165, 1.54) is 0 Å². The highest BCUT2D eigenvalue weighted by Gasteiger charge is 2.18. The first-order chi connectivity index (χ1) is 9.54. The minimum Gasteiger partial charge on any atom is -0.495 e. The number of ether oxygens (including phenoxy) is 1. The van der Waals surface area contributed by atoms with Crippen molar-refractivity contribution in [2.24, 2.45) is 0 Å². The highest BCUT2D eigenvalue weighted by atomic mass is 32.1. The largest absolute Gasteiger partial charge is 0.495 e. The van der Waals surface area contributed by atoms with E-state index in [1.54, 1.807) is 25.1 Å². The third kappa shape index (κ3) is 2.80. The van der Waals surface area contributed by atoms with Gasteiger partial charge in [0.15, 0.2) is 0 Å². The van der Waals surface area contributed by atoms with Gasteiger partial charge in [0.2, 0.25) is 0 Å². The molecule has 0 heterocycles. The third-order valence-corrected chi connectivity index (χ3v) is 3.48. The van der Waals surface area contributed by atoms with Gasteiger partial charge in [0.25, 0.3) is 5.91 Å². The van der Waals surface area contributed by atoms with Crippen molar-refractivity contribution in [3.8, 4) is 5.75 Å². The summed E-state index contributed by atoms with van der Waals surface area (Å²) in [6.07, 6.45) is 0. The van der Waals surface area contributed by atoms with Crippen molar-refractivity contribution in [1.82, 2.24) is 0 Å². The van der Waals surface area contributed by atoms with Crippen molar-refractivity contribution >= 4 is 24.2 Å². The Balaban J connectivity index is 2.40. The molecule has 0 radical (unpaired) electrons. The van der Waals surface area contributed by atoms with Gasteiger partial charge in [-0.25, -0.2) is 0 Å². The van der Waals surface area contributed by atoms with E-state index in [9.17, 15) is 4.79 Å². The van der Waals surface area contributed by atoms with Crippen LogP contribution in [0, 0.1) is 6.92 Å². The Kier molecular flexibility index (Phi) is 4.35. The maximum absolute atomic E-state index is 12.6. The number of nitrogens with zero attached hydrogens (tertiary/aromatic N) is 1. The van der Waals surface area contributed by atoms with Gasteiger partial charge in [-0.15, -0.1) is 12.6 Å². The summed E-state index contributed by atoms with van der Waals surface area (Å²) < 4.78 is 5.30. The van der Waals surface area contributed by atoms with E-state index in [2.05, 4.69) is 12.6 Å². The van der Waals surface area contributed by atoms with Crippen LogP contribution in [0.3, 0.4) is 0 Å². The smallest absolute Gasteiger partial charge is 0.258 e. The number of amides is 1. The van der Waals surface area contributed by atoms with Crippen LogP contribution in [0.15, 0.2) is 47.4 Å². The number of benzene rings is 2. The lowest BCUT2D eigenvalue weighted by atomic mass is 10.1. The Bertz CT molecular complexity index is 640. The van der Waals surface area contributed by atoms with E-state index in [0.717, 1.165) is 16.1 Å². The molecule has 0 aliphatic rings. The molecule has 0 unspecified atom stereocenters. The molecule has 3 nitrogen and oxygen atoms in total. The molecule has 0 aliphatic heterocycles. The van der Waals surface area contributed by atoms with Gasteiger partial charge in [-0.1, -0.05) is 18.2 Å². The van der Waals surface area contributed by atoms with Crippen molar-refractivity contribution in [2.75, 3.05) is 19.1 Å². The minimum absolute atomic E-state index is 0.0806. The van der Waals surface area contributed by atoms with Crippen LogP contribution in [0.25, 0.3) is 0 Å². The van der Waals surface area contributed by atoms with Crippen molar-refractivity contribution in [3.63, 3.8) is 0 Å². The number of carbonyl (C=O) groups excluding carboxylic acids is 1. The van der Waals surface area contributed by atoms with Crippen LogP contribution in [-0.2, 0) is 0 Å². The van der Waals surface area contributed by atoms with Gasteiger partial charge in [0.05, 0.1) is 12.8 Å². The number of rotatable bonds is 3. The van der Waals surface area contributed by atoms with Crippen LogP contribution < -0.4 is 9.64 Å². The fraction of sp³-hybridized carbons (Fsp3) is 0.188. The van der Waals surface area contributed by atoms with Crippen LogP contribution in [0.5, 0.6) is 5.75 Å². The zero-order chi connectivity index (χ0) is 14.7. The highest BCUT2D eigenvalue weighted by Crippen LogP contribution is 2.28. The average molecular weight is 287 g/mol. The summed E-state index contributed by atoms with van der Waals surface area (Å²) in [5.74, 6) is 0.589. The quantitative estimate of drug-likeness (QED) is 0.875. The van der Waals surface area contributed by atoms with E-state index in [0.29, 0.717) is 11.3 Å². The molecule has 0 aliphatic carbocycles. The fourth-order valence-electron chi connectivity index (χ4n) is 2.04. The molecule has 2 aromatic rings. The number of carbonyl (C=O) groups is 1. The number of methoxy groups -OCH3 is 1. The molecule has 0 fully saturated rings. The molecular formula is C16H17NO2S. The number of thiol groups is 1. The summed E-state index contributed by atoms with van der Waals surface area (Å²) in [5.41, 5.74) is 2.31. The first-order valence-corrected chi connectivity index (χ1v) is 6.70. The Hall–Kier alpha value is -1.94. The van der Waals surface area contributed by atoms with Crippen molar-refractivity contribution in [1.29, 1.82) is 0 Å². The van der Waals surface area contributed by atoms with Crippen LogP contribution >= 0.6 is 12.6 Å². The highest BCUT2D eigenvalue weighted by molar-refractivity contribution is 7.80. The standard InChI is InChI=1S/C16H17NO2S/c1-11-8-9-12(20)10-13(11)16(18)17(2)14-6-4-5-7-15(14)19-3/h4-10,20H,1-3H3. The van der Waals surface area contributed by atoms with Gasteiger partial charge in [-0.05, 0) is 36.8 Å². The summed E-state index contributed by atoms with van der Waals surface area (Å²) in [6, 6.07) is 13.0. The second-order valence-corrected chi connectivity index (χ2v) is 5.05. The minimum atomic E-state index is -0.0806. The first-order valence-electron chi connectivity index (χ1n) is 6.25. The molecule has 20 heavy (non-hydrogen) atoms. The summed E-state index contributed by atoms with van der Waals surface area (Å²) in [4.78, 5) is 15.0. The lowest BCUT2D eigenvalue weighted by Gasteiger charge is -2.21. The molecular weight excluding hydrogens is 270 g/mol. The molecule has 1 amide bonds. The van der Waals surface area contributed by atoms with Crippen LogP contribution in [0.4, 0.5) is 5.69 Å². The SMILES string of the molecule is COc1ccccc1N(C)C(=O)c1cc(S)ccc1C. The molecule has 0 aromatic heterocycles. The van der Waals surface area contributed by atoms with Crippen molar-refractivity contribution < 1.29 is 9.53 Å². The fourth-order valence-corrected chi connectivity index (χ4v) is 2.24. The first kappa shape index (κ1) is 14.5. The Labute approximate surface area is 124 Å². The molecule has 0 atom stereocenters. The van der Waals surface area contributed by atoms with Crippen molar-refractivity contribution in [3.05, 3.63) is 53.6 Å². The maximum atomic E-state index is 12.6. The lowest BCUT2D eigenvalue weighted by Crippen LogP contribution is -2.27. The third-order valence-electron chi connectivity index (χ3n) is 3.20. The number of para-hydroxylation sites is 2. The van der Waals surface area contributed by atoms with E-state index in [1.807, 2.05) is 43.3 Å². The van der Waals surface area contributed by atoms with Gasteiger partial charge in [0, 0.05) is 17.5 Å². The molecule has 4 heteroatoms. The molecule has 0 N–H and O–H groups in total. The number of aryl methyl sites for hydroxylation is 1. The van der Waals surface area contributed by atoms with Crippen LogP contribution in [0.1, 0.15) is 15.9 Å². The summed E-state index contributed by atoms with van der Waals surface area (Å²) in [6.45, 7) is 1.91. The van der Waals surface area contributed by atoms with E-state index in [4.69, 9.17) is 4.74 Å². The summed E-state index contributed by atoms with van der Waals surface area (Å²) >= 11 is 4.30. The zero-order valence-electron chi connectivity index (χ0n) is 11.8. The Morgan fingerprint density at radius 3 is 2.60 bits per heavy atom. The predicted molar refractivity (Wildman–Crippen MR) is 84.2 cm³/mol. The van der Waals surface area contributed by atoms with Gasteiger partial charge >= 0.3 is 0 Å². The van der Waals surface area contributed by atoms with Crippen LogP contribution in [0.2, 0.25) is 0 Å². The average Bonchev–Trinajstić information content (AvgIpc) is 2.48. The monoisotopic (exact) mass is 287 g/mol. The zero-order valence-corrected chi connectivity index (χ0v) is 12.6. The predicted octanol–water partition coefficient (Wildman–Crippen LogP) is 3.57. The van der Waals surface area contributed by atoms with Gasteiger partial charge in [0.1, 0.15) is 5.75 Å². The molecule has 0 saturated heterocycles. The Morgan fingerprint density at radius 2 is 1.90 bits per heavy atom. The van der Waals surface area contributed by atoms with E-state index >= 15 is 0 Å². The van der Waals surface area contributed by atoms with Crippen molar-refractivity contribution in [2.45, 2.75) is 11.8 Å². The molecule has 2 rings (SSSR count). The lowest BCUT2D eigenvalue weighted by molar-refractivity contribution is 0.0991. The van der Waals surface area contributed by atoms with E-state index < -0.39 is 0 Å².